The van der Waals surface area contributed by atoms with Gasteiger partial charge in [-0.3, -0.25) is 0 Å². The maximum Gasteiger partial charge on any atom is 0.0988 e. The Bertz CT molecular complexity index is 344. The topological polar surface area (TPSA) is 44.5 Å². The smallest absolute Gasteiger partial charge is 0.0988 e. The number of hydrogen-bond donors (Lipinski definition) is 1. The Hall–Kier alpha value is -0.420. The van der Waals surface area contributed by atoms with Crippen LogP contribution in [0.4, 0.5) is 0 Å². The van der Waals surface area contributed by atoms with E-state index in [4.69, 9.17) is 15.2 Å². The van der Waals surface area contributed by atoms with E-state index < -0.39 is 0 Å². The second kappa shape index (κ2) is 7.11. The number of methoxy groups -OCH3 is 1. The quantitative estimate of drug-likeness (QED) is 0.879. The van der Waals surface area contributed by atoms with Gasteiger partial charge in [-0.1, -0.05) is 34.1 Å². The van der Waals surface area contributed by atoms with Crippen LogP contribution in [-0.2, 0) is 9.47 Å². The normalized spacial score (nSPS) is 16.5. The van der Waals surface area contributed by atoms with E-state index in [-0.39, 0.29) is 18.2 Å². The third-order valence-corrected chi connectivity index (χ3v) is 3.19. The van der Waals surface area contributed by atoms with Crippen molar-refractivity contribution in [2.45, 2.75) is 32.1 Å². The minimum atomic E-state index is -0.129. The number of halogens is 1. The van der Waals surface area contributed by atoms with E-state index in [0.29, 0.717) is 6.61 Å². The molecule has 96 valence electrons. The van der Waals surface area contributed by atoms with Crippen molar-refractivity contribution < 1.29 is 9.47 Å². The highest BCUT2D eigenvalue weighted by Crippen LogP contribution is 2.28. The molecule has 0 aliphatic heterocycles. The summed E-state index contributed by atoms with van der Waals surface area (Å²) in [5, 5.41) is 0. The Labute approximate surface area is 111 Å². The zero-order valence-electron chi connectivity index (χ0n) is 10.5. The molecule has 0 aliphatic rings. The molecule has 0 aliphatic carbocycles. The van der Waals surface area contributed by atoms with Gasteiger partial charge in [-0.2, -0.15) is 0 Å². The average Bonchev–Trinajstić information content (AvgIpc) is 2.27. The first-order valence-electron chi connectivity index (χ1n) is 5.70. The molecule has 1 aromatic carbocycles. The number of hydrogen-bond acceptors (Lipinski definition) is 3. The standard InChI is InChI=1S/C13H20BrNO2/c1-9(8-16-3)17-13(10(2)15)11-6-4-5-7-12(11)14/h4-7,9-10,13H,8,15H2,1-3H3. The fourth-order valence-corrected chi connectivity index (χ4v) is 2.22. The van der Waals surface area contributed by atoms with Gasteiger partial charge in [0, 0.05) is 17.6 Å². The molecule has 0 radical (unpaired) electrons. The summed E-state index contributed by atoms with van der Waals surface area (Å²) in [6, 6.07) is 7.91. The maximum absolute atomic E-state index is 6.00. The summed E-state index contributed by atoms with van der Waals surface area (Å²) in [5.74, 6) is 0. The molecule has 0 saturated carbocycles. The molecular formula is C13H20BrNO2. The Morgan fingerprint density at radius 1 is 1.29 bits per heavy atom. The summed E-state index contributed by atoms with van der Waals surface area (Å²) >= 11 is 3.53. The van der Waals surface area contributed by atoms with Crippen LogP contribution in [0.15, 0.2) is 28.7 Å². The highest BCUT2D eigenvalue weighted by molar-refractivity contribution is 9.10. The van der Waals surface area contributed by atoms with E-state index in [0.717, 1.165) is 10.0 Å². The molecule has 0 fully saturated rings. The number of nitrogens with two attached hydrogens (primary N) is 1. The minimum Gasteiger partial charge on any atom is -0.382 e. The highest BCUT2D eigenvalue weighted by Gasteiger charge is 2.21. The fraction of sp³-hybridized carbons (Fsp3) is 0.538. The maximum atomic E-state index is 6.00. The summed E-state index contributed by atoms with van der Waals surface area (Å²) in [6.07, 6.45) is -0.112. The van der Waals surface area contributed by atoms with Crippen molar-refractivity contribution in [3.05, 3.63) is 34.3 Å². The first-order chi connectivity index (χ1) is 8.06. The zero-order chi connectivity index (χ0) is 12.8. The lowest BCUT2D eigenvalue weighted by Gasteiger charge is -2.26. The summed E-state index contributed by atoms with van der Waals surface area (Å²) < 4.78 is 12.0. The van der Waals surface area contributed by atoms with Crippen LogP contribution in [-0.4, -0.2) is 25.9 Å². The van der Waals surface area contributed by atoms with Gasteiger partial charge in [0.1, 0.15) is 0 Å². The second-order valence-corrected chi connectivity index (χ2v) is 5.06. The third-order valence-electron chi connectivity index (χ3n) is 2.47. The Morgan fingerprint density at radius 2 is 1.94 bits per heavy atom. The number of ether oxygens (including phenoxy) is 2. The largest absolute Gasteiger partial charge is 0.382 e. The summed E-state index contributed by atoms with van der Waals surface area (Å²) in [7, 11) is 1.67. The van der Waals surface area contributed by atoms with Crippen LogP contribution in [0.3, 0.4) is 0 Å². The lowest BCUT2D eigenvalue weighted by Crippen LogP contribution is -2.31. The van der Waals surface area contributed by atoms with Crippen molar-refractivity contribution in [2.24, 2.45) is 5.73 Å². The van der Waals surface area contributed by atoms with E-state index in [1.165, 1.54) is 0 Å². The monoisotopic (exact) mass is 301 g/mol. The van der Waals surface area contributed by atoms with Crippen LogP contribution < -0.4 is 5.73 Å². The van der Waals surface area contributed by atoms with Crippen molar-refractivity contribution in [1.82, 2.24) is 0 Å². The summed E-state index contributed by atoms with van der Waals surface area (Å²) in [4.78, 5) is 0. The van der Waals surface area contributed by atoms with Crippen molar-refractivity contribution >= 4 is 15.9 Å². The molecule has 3 nitrogen and oxygen atoms in total. The molecule has 0 aromatic heterocycles. The van der Waals surface area contributed by atoms with Crippen LogP contribution in [0.25, 0.3) is 0 Å². The molecule has 0 spiro atoms. The van der Waals surface area contributed by atoms with Gasteiger partial charge in [0.2, 0.25) is 0 Å². The number of benzene rings is 1. The van der Waals surface area contributed by atoms with Gasteiger partial charge < -0.3 is 15.2 Å². The molecule has 0 bridgehead atoms. The van der Waals surface area contributed by atoms with Gasteiger partial charge >= 0.3 is 0 Å². The van der Waals surface area contributed by atoms with Crippen LogP contribution in [0.2, 0.25) is 0 Å². The van der Waals surface area contributed by atoms with E-state index in [9.17, 15) is 0 Å². The molecule has 0 saturated heterocycles. The SMILES string of the molecule is COCC(C)OC(c1ccccc1Br)C(C)N. The van der Waals surface area contributed by atoms with E-state index in [1.54, 1.807) is 7.11 Å². The first kappa shape index (κ1) is 14.6. The predicted octanol–water partition coefficient (Wildman–Crippen LogP) is 2.89. The van der Waals surface area contributed by atoms with Crippen molar-refractivity contribution in [3.63, 3.8) is 0 Å². The molecule has 3 unspecified atom stereocenters. The zero-order valence-corrected chi connectivity index (χ0v) is 12.1. The molecule has 1 aromatic rings. The number of rotatable bonds is 6. The average molecular weight is 302 g/mol. The summed E-state index contributed by atoms with van der Waals surface area (Å²) in [6.45, 7) is 4.49. The van der Waals surface area contributed by atoms with Crippen LogP contribution in [0, 0.1) is 0 Å². The van der Waals surface area contributed by atoms with E-state index in [1.807, 2.05) is 38.1 Å². The Morgan fingerprint density at radius 3 is 2.47 bits per heavy atom. The molecule has 3 atom stereocenters. The van der Waals surface area contributed by atoms with E-state index >= 15 is 0 Å². The van der Waals surface area contributed by atoms with Crippen molar-refractivity contribution in [2.75, 3.05) is 13.7 Å². The summed E-state index contributed by atoms with van der Waals surface area (Å²) in [5.41, 5.74) is 7.07. The van der Waals surface area contributed by atoms with Gasteiger partial charge in [0.25, 0.3) is 0 Å². The predicted molar refractivity (Wildman–Crippen MR) is 73.0 cm³/mol. The second-order valence-electron chi connectivity index (χ2n) is 4.20. The molecule has 0 amide bonds. The highest BCUT2D eigenvalue weighted by atomic mass is 79.9. The Balaban J connectivity index is 2.83. The Kier molecular flexibility index (Phi) is 6.12. The van der Waals surface area contributed by atoms with Gasteiger partial charge in [0.05, 0.1) is 18.8 Å². The fourth-order valence-electron chi connectivity index (χ4n) is 1.71. The van der Waals surface area contributed by atoms with Crippen molar-refractivity contribution in [1.29, 1.82) is 0 Å². The van der Waals surface area contributed by atoms with Gasteiger partial charge in [-0.25, -0.2) is 0 Å². The minimum absolute atomic E-state index is 0.0168. The molecule has 2 N–H and O–H groups in total. The van der Waals surface area contributed by atoms with Gasteiger partial charge in [-0.05, 0) is 25.5 Å². The van der Waals surface area contributed by atoms with Crippen LogP contribution in [0.1, 0.15) is 25.5 Å². The van der Waals surface area contributed by atoms with E-state index in [2.05, 4.69) is 15.9 Å². The lowest BCUT2D eigenvalue weighted by atomic mass is 10.0. The first-order valence-corrected chi connectivity index (χ1v) is 6.50. The molecule has 17 heavy (non-hydrogen) atoms. The molecule has 4 heteroatoms. The molecule has 0 heterocycles. The molecular weight excluding hydrogens is 282 g/mol. The van der Waals surface area contributed by atoms with Crippen LogP contribution in [0.5, 0.6) is 0 Å². The van der Waals surface area contributed by atoms with Crippen LogP contribution >= 0.6 is 15.9 Å². The third kappa shape index (κ3) is 4.39. The van der Waals surface area contributed by atoms with Crippen molar-refractivity contribution in [3.8, 4) is 0 Å². The van der Waals surface area contributed by atoms with Gasteiger partial charge in [0.15, 0.2) is 0 Å². The lowest BCUT2D eigenvalue weighted by molar-refractivity contribution is -0.0483. The molecule has 1 rings (SSSR count). The van der Waals surface area contributed by atoms with Gasteiger partial charge in [-0.15, -0.1) is 0 Å².